The predicted molar refractivity (Wildman–Crippen MR) is 61.5 cm³/mol. The Labute approximate surface area is 97.4 Å². The molecule has 0 aromatic rings. The van der Waals surface area contributed by atoms with E-state index in [1.54, 1.807) is 6.08 Å². The van der Waals surface area contributed by atoms with E-state index in [1.807, 2.05) is 4.90 Å². The molecule has 84 valence electrons. The minimum Gasteiger partial charge on any atom is -0.504 e. The number of piperidine rings is 1. The summed E-state index contributed by atoms with van der Waals surface area (Å²) in [6, 6.07) is 0. The highest BCUT2D eigenvalue weighted by atomic mass is 79.9. The van der Waals surface area contributed by atoms with Gasteiger partial charge in [0, 0.05) is 24.1 Å². The molecule has 2 aliphatic heterocycles. The first-order valence-corrected chi connectivity index (χ1v) is 5.92. The zero-order valence-electron chi connectivity index (χ0n) is 8.41. The van der Waals surface area contributed by atoms with E-state index in [4.69, 9.17) is 0 Å². The van der Waals surface area contributed by atoms with Gasteiger partial charge in [-0.05, 0) is 18.9 Å². The zero-order chi connectivity index (χ0) is 10.8. The van der Waals surface area contributed by atoms with Crippen LogP contribution in [0.15, 0.2) is 22.1 Å². The van der Waals surface area contributed by atoms with Crippen molar-refractivity contribution in [1.82, 2.24) is 10.2 Å². The molecule has 1 unspecified atom stereocenters. The average Bonchev–Trinajstić information content (AvgIpc) is 2.17. The molecule has 0 aromatic carbocycles. The van der Waals surface area contributed by atoms with E-state index in [9.17, 15) is 10.2 Å². The van der Waals surface area contributed by atoms with Gasteiger partial charge in [0.25, 0.3) is 0 Å². The van der Waals surface area contributed by atoms with E-state index in [2.05, 4.69) is 21.2 Å². The third kappa shape index (κ3) is 2.46. The molecule has 0 spiro atoms. The number of dihydropyridines is 1. The Hall–Kier alpha value is -0.680. The van der Waals surface area contributed by atoms with Gasteiger partial charge in [0.15, 0.2) is 5.76 Å². The maximum atomic E-state index is 9.77. The molecule has 1 saturated heterocycles. The third-order valence-corrected chi connectivity index (χ3v) is 3.18. The summed E-state index contributed by atoms with van der Waals surface area (Å²) in [6.07, 6.45) is 3.23. The molecule has 0 aromatic heterocycles. The highest BCUT2D eigenvalue weighted by Crippen LogP contribution is 2.21. The van der Waals surface area contributed by atoms with Gasteiger partial charge in [-0.3, -0.25) is 0 Å². The van der Waals surface area contributed by atoms with Gasteiger partial charge < -0.3 is 20.4 Å². The highest BCUT2D eigenvalue weighted by Gasteiger charge is 2.23. The standard InChI is InChI=1S/C10H15BrN2O2/c11-7-4-9(15)10(12-5-7)13-3-1-2-8(14)6-13/h4,8,12,14-15H,1-3,5-6H2. The summed E-state index contributed by atoms with van der Waals surface area (Å²) in [7, 11) is 0. The highest BCUT2D eigenvalue weighted by molar-refractivity contribution is 9.11. The molecule has 0 saturated carbocycles. The first-order valence-electron chi connectivity index (χ1n) is 5.13. The maximum Gasteiger partial charge on any atom is 0.156 e. The van der Waals surface area contributed by atoms with Gasteiger partial charge in [-0.25, -0.2) is 0 Å². The monoisotopic (exact) mass is 274 g/mol. The summed E-state index contributed by atoms with van der Waals surface area (Å²) in [6.45, 7) is 2.17. The van der Waals surface area contributed by atoms with Gasteiger partial charge in [-0.15, -0.1) is 0 Å². The van der Waals surface area contributed by atoms with Crippen molar-refractivity contribution in [3.05, 3.63) is 22.1 Å². The van der Waals surface area contributed by atoms with Crippen molar-refractivity contribution in [3.8, 4) is 0 Å². The number of hydrogen-bond acceptors (Lipinski definition) is 4. The predicted octanol–water partition coefficient (Wildman–Crippen LogP) is 1.05. The number of halogens is 1. The van der Waals surface area contributed by atoms with Crippen molar-refractivity contribution in [2.45, 2.75) is 18.9 Å². The quantitative estimate of drug-likeness (QED) is 0.669. The number of aliphatic hydroxyl groups excluding tert-OH is 2. The molecule has 4 nitrogen and oxygen atoms in total. The second-order valence-electron chi connectivity index (χ2n) is 3.92. The summed E-state index contributed by atoms with van der Waals surface area (Å²) < 4.78 is 0.932. The Morgan fingerprint density at radius 1 is 1.53 bits per heavy atom. The number of nitrogens with one attached hydrogen (secondary N) is 1. The van der Waals surface area contributed by atoms with E-state index in [1.165, 1.54) is 0 Å². The van der Waals surface area contributed by atoms with Crippen LogP contribution in [0.2, 0.25) is 0 Å². The van der Waals surface area contributed by atoms with Gasteiger partial charge >= 0.3 is 0 Å². The smallest absolute Gasteiger partial charge is 0.156 e. The van der Waals surface area contributed by atoms with Crippen LogP contribution in [0.4, 0.5) is 0 Å². The van der Waals surface area contributed by atoms with E-state index in [-0.39, 0.29) is 11.9 Å². The number of β-amino-alcohol motifs (C(OH)–C–C–N with tert-alkyl or cyclic N) is 1. The molecule has 0 aliphatic carbocycles. The summed E-state index contributed by atoms with van der Waals surface area (Å²) in [5.41, 5.74) is 0. The summed E-state index contributed by atoms with van der Waals surface area (Å²) in [5.74, 6) is 0.971. The Morgan fingerprint density at radius 2 is 2.33 bits per heavy atom. The first-order chi connectivity index (χ1) is 7.16. The average molecular weight is 275 g/mol. The fourth-order valence-electron chi connectivity index (χ4n) is 1.96. The molecule has 2 heterocycles. The van der Waals surface area contributed by atoms with Crippen LogP contribution in [0.5, 0.6) is 0 Å². The topological polar surface area (TPSA) is 55.7 Å². The molecule has 15 heavy (non-hydrogen) atoms. The molecule has 0 bridgehead atoms. The second-order valence-corrected chi connectivity index (χ2v) is 4.94. The first kappa shape index (κ1) is 10.8. The summed E-state index contributed by atoms with van der Waals surface area (Å²) in [4.78, 5) is 2.00. The second kappa shape index (κ2) is 4.45. The summed E-state index contributed by atoms with van der Waals surface area (Å²) in [5, 5.41) is 22.5. The number of likely N-dealkylation sites (tertiary alicyclic amines) is 1. The lowest BCUT2D eigenvalue weighted by atomic mass is 10.1. The van der Waals surface area contributed by atoms with Gasteiger partial charge in [-0.1, -0.05) is 15.9 Å². The van der Waals surface area contributed by atoms with Crippen LogP contribution in [0.1, 0.15) is 12.8 Å². The normalized spacial score (nSPS) is 27.5. The van der Waals surface area contributed by atoms with Crippen LogP contribution in [0.3, 0.4) is 0 Å². The maximum absolute atomic E-state index is 9.77. The van der Waals surface area contributed by atoms with Crippen LogP contribution in [0.25, 0.3) is 0 Å². The van der Waals surface area contributed by atoms with Gasteiger partial charge in [0.05, 0.1) is 6.10 Å². The fraction of sp³-hybridized carbons (Fsp3) is 0.600. The Balaban J connectivity index is 2.12. The van der Waals surface area contributed by atoms with Crippen LogP contribution < -0.4 is 5.32 Å². The van der Waals surface area contributed by atoms with Gasteiger partial charge in [0.2, 0.25) is 0 Å². The molecule has 5 heteroatoms. The minimum atomic E-state index is -0.282. The number of nitrogens with zero attached hydrogens (tertiary/aromatic N) is 1. The van der Waals surface area contributed by atoms with Crippen molar-refractivity contribution < 1.29 is 10.2 Å². The molecule has 0 radical (unpaired) electrons. The Bertz CT molecular complexity index is 315. The van der Waals surface area contributed by atoms with Crippen LogP contribution in [0, 0.1) is 0 Å². The minimum absolute atomic E-state index is 0.238. The number of rotatable bonds is 1. The third-order valence-electron chi connectivity index (χ3n) is 2.67. The fourth-order valence-corrected chi connectivity index (χ4v) is 2.32. The van der Waals surface area contributed by atoms with Crippen molar-refractivity contribution >= 4 is 15.9 Å². The van der Waals surface area contributed by atoms with Gasteiger partial charge in [0.1, 0.15) is 5.82 Å². The van der Waals surface area contributed by atoms with Crippen molar-refractivity contribution in [2.75, 3.05) is 19.6 Å². The Kier molecular flexibility index (Phi) is 3.21. The Morgan fingerprint density at radius 3 is 3.00 bits per heavy atom. The SMILES string of the molecule is OC1=C(N2CCCC(O)C2)NCC(Br)=C1. The molecule has 1 atom stereocenters. The lowest BCUT2D eigenvalue weighted by Gasteiger charge is -2.35. The van der Waals surface area contributed by atoms with E-state index in [0.29, 0.717) is 13.1 Å². The number of aliphatic hydroxyl groups is 2. The largest absolute Gasteiger partial charge is 0.504 e. The van der Waals surface area contributed by atoms with Crippen LogP contribution in [-0.2, 0) is 0 Å². The lowest BCUT2D eigenvalue weighted by Crippen LogP contribution is -2.43. The number of allylic oxidation sites excluding steroid dienone is 1. The van der Waals surface area contributed by atoms with E-state index < -0.39 is 0 Å². The van der Waals surface area contributed by atoms with Crippen molar-refractivity contribution in [1.29, 1.82) is 0 Å². The van der Waals surface area contributed by atoms with Crippen molar-refractivity contribution in [2.24, 2.45) is 0 Å². The van der Waals surface area contributed by atoms with E-state index in [0.717, 1.165) is 29.7 Å². The van der Waals surface area contributed by atoms with Crippen LogP contribution in [-0.4, -0.2) is 40.9 Å². The number of hydrogen-bond donors (Lipinski definition) is 3. The molecular formula is C10H15BrN2O2. The summed E-state index contributed by atoms with van der Waals surface area (Å²) >= 11 is 3.33. The van der Waals surface area contributed by atoms with Crippen molar-refractivity contribution in [3.63, 3.8) is 0 Å². The van der Waals surface area contributed by atoms with Crippen LogP contribution >= 0.6 is 15.9 Å². The molecular weight excluding hydrogens is 260 g/mol. The molecule has 3 N–H and O–H groups in total. The molecule has 2 aliphatic rings. The zero-order valence-corrected chi connectivity index (χ0v) is 10.00. The van der Waals surface area contributed by atoms with Gasteiger partial charge in [-0.2, -0.15) is 0 Å². The lowest BCUT2D eigenvalue weighted by molar-refractivity contribution is 0.0816. The molecule has 2 rings (SSSR count). The molecule has 0 amide bonds. The molecule has 1 fully saturated rings. The van der Waals surface area contributed by atoms with E-state index >= 15 is 0 Å².